The molecule has 0 spiro atoms. The van der Waals surface area contributed by atoms with Crippen LogP contribution in [0.1, 0.15) is 54.9 Å². The van der Waals surface area contributed by atoms with Crippen LogP contribution in [0.5, 0.6) is 11.5 Å². The van der Waals surface area contributed by atoms with E-state index in [1.54, 1.807) is 62.7 Å². The zero-order valence-electron chi connectivity index (χ0n) is 20.8. The van der Waals surface area contributed by atoms with E-state index < -0.39 is 23.7 Å². The molecule has 1 aromatic heterocycles. The van der Waals surface area contributed by atoms with Gasteiger partial charge in [-0.25, -0.2) is 9.18 Å². The van der Waals surface area contributed by atoms with E-state index in [-0.39, 0.29) is 24.8 Å². The number of ketones is 1. The number of carbonyl (C=O) groups is 3. The Labute approximate surface area is 208 Å². The van der Waals surface area contributed by atoms with E-state index in [1.807, 2.05) is 0 Å². The largest absolute Gasteiger partial charge is 0.464 e. The summed E-state index contributed by atoms with van der Waals surface area (Å²) in [6.07, 6.45) is 0. The summed E-state index contributed by atoms with van der Waals surface area (Å²) in [6.45, 7) is 5.19. The normalized spacial score (nSPS) is 12.8. The van der Waals surface area contributed by atoms with Crippen LogP contribution >= 0.6 is 0 Å². The standard InChI is InChI=1S/C27H27FN2O6/c1-15-23(16(2)29(4)24(15)27(33)34-5)25(31)17(3)30(13-18-6-9-20(28)10-7-18)26(32)19-8-11-21-22(12-19)36-14-35-21/h6-12,17H,13-14H2,1-5H3. The first-order valence-electron chi connectivity index (χ1n) is 11.4. The fraction of sp³-hybridized carbons (Fsp3) is 0.296. The second kappa shape index (κ2) is 9.85. The number of methoxy groups -OCH3 is 1. The highest BCUT2D eigenvalue weighted by molar-refractivity contribution is 6.07. The molecule has 1 amide bonds. The van der Waals surface area contributed by atoms with Gasteiger partial charge in [-0.3, -0.25) is 9.59 Å². The molecular formula is C27H27FN2O6. The maximum Gasteiger partial charge on any atom is 0.354 e. The summed E-state index contributed by atoms with van der Waals surface area (Å²) in [7, 11) is 2.97. The van der Waals surface area contributed by atoms with Gasteiger partial charge >= 0.3 is 5.97 Å². The third kappa shape index (κ3) is 4.44. The highest BCUT2D eigenvalue weighted by Gasteiger charge is 2.33. The number of ether oxygens (including phenoxy) is 3. The van der Waals surface area contributed by atoms with Crippen molar-refractivity contribution in [1.82, 2.24) is 9.47 Å². The maximum atomic E-state index is 13.8. The van der Waals surface area contributed by atoms with Gasteiger partial charge in [-0.05, 0) is 62.2 Å². The molecule has 36 heavy (non-hydrogen) atoms. The van der Waals surface area contributed by atoms with E-state index >= 15 is 0 Å². The molecule has 188 valence electrons. The van der Waals surface area contributed by atoms with Crippen LogP contribution in [0.3, 0.4) is 0 Å². The number of aromatic nitrogens is 1. The lowest BCUT2D eigenvalue weighted by Gasteiger charge is -2.29. The lowest BCUT2D eigenvalue weighted by molar-refractivity contribution is 0.0587. The Kier molecular flexibility index (Phi) is 6.83. The molecule has 1 unspecified atom stereocenters. The Morgan fingerprint density at radius 3 is 2.42 bits per heavy atom. The van der Waals surface area contributed by atoms with Gasteiger partial charge in [0.05, 0.1) is 13.2 Å². The highest BCUT2D eigenvalue weighted by atomic mass is 19.1. The minimum absolute atomic E-state index is 0.0647. The van der Waals surface area contributed by atoms with Gasteiger partial charge in [0.25, 0.3) is 5.91 Å². The fourth-order valence-corrected chi connectivity index (χ4v) is 4.44. The summed E-state index contributed by atoms with van der Waals surface area (Å²) in [5.41, 5.74) is 2.67. The number of rotatable bonds is 7. The number of carbonyl (C=O) groups excluding carboxylic acids is 3. The molecule has 0 aliphatic carbocycles. The van der Waals surface area contributed by atoms with Crippen molar-refractivity contribution in [2.45, 2.75) is 33.4 Å². The first kappa shape index (κ1) is 25.0. The zero-order valence-corrected chi connectivity index (χ0v) is 20.8. The number of nitrogens with zero attached hydrogens (tertiary/aromatic N) is 2. The first-order chi connectivity index (χ1) is 17.1. The van der Waals surface area contributed by atoms with Gasteiger partial charge in [0.15, 0.2) is 17.3 Å². The molecule has 0 radical (unpaired) electrons. The smallest absolute Gasteiger partial charge is 0.354 e. The first-order valence-corrected chi connectivity index (χ1v) is 11.4. The molecule has 0 saturated heterocycles. The quantitative estimate of drug-likeness (QED) is 0.361. The lowest BCUT2D eigenvalue weighted by atomic mass is 9.98. The van der Waals surface area contributed by atoms with E-state index in [0.29, 0.717) is 39.4 Å². The summed E-state index contributed by atoms with van der Waals surface area (Å²) < 4.78 is 30.8. The number of hydrogen-bond acceptors (Lipinski definition) is 6. The van der Waals surface area contributed by atoms with Gasteiger partial charge < -0.3 is 23.7 Å². The van der Waals surface area contributed by atoms with E-state index in [9.17, 15) is 18.8 Å². The number of halogens is 1. The summed E-state index contributed by atoms with van der Waals surface area (Å²) in [4.78, 5) is 41.3. The summed E-state index contributed by atoms with van der Waals surface area (Å²) in [5.74, 6) is -0.706. The van der Waals surface area contributed by atoms with E-state index in [1.165, 1.54) is 24.1 Å². The van der Waals surface area contributed by atoms with Crippen molar-refractivity contribution in [2.24, 2.45) is 7.05 Å². The Bertz CT molecular complexity index is 1350. The van der Waals surface area contributed by atoms with Crippen LogP contribution in [0.15, 0.2) is 42.5 Å². The number of hydrogen-bond donors (Lipinski definition) is 0. The average Bonchev–Trinajstić information content (AvgIpc) is 3.43. The molecule has 1 aliphatic rings. The zero-order chi connectivity index (χ0) is 26.1. The SMILES string of the molecule is COC(=O)c1c(C)c(C(=O)C(C)N(Cc2ccc(F)cc2)C(=O)c2ccc3c(c2)OCO3)c(C)n1C. The van der Waals surface area contributed by atoms with Crippen molar-refractivity contribution in [3.05, 3.63) is 81.9 Å². The van der Waals surface area contributed by atoms with Gasteiger partial charge in [0, 0.05) is 30.4 Å². The van der Waals surface area contributed by atoms with Gasteiger partial charge in [0.1, 0.15) is 11.5 Å². The predicted molar refractivity (Wildman–Crippen MR) is 129 cm³/mol. The Morgan fingerprint density at radius 2 is 1.75 bits per heavy atom. The molecule has 0 saturated carbocycles. The number of Topliss-reactive ketones (excluding diaryl/α,β-unsaturated/α-hetero) is 1. The van der Waals surface area contributed by atoms with Gasteiger partial charge in [-0.15, -0.1) is 0 Å². The summed E-state index contributed by atoms with van der Waals surface area (Å²) >= 11 is 0. The Hall–Kier alpha value is -4.14. The third-order valence-corrected chi connectivity index (χ3v) is 6.55. The van der Waals surface area contributed by atoms with Crippen LogP contribution in [0.4, 0.5) is 4.39 Å². The molecule has 0 bridgehead atoms. The van der Waals surface area contributed by atoms with E-state index in [4.69, 9.17) is 14.2 Å². The maximum absolute atomic E-state index is 13.8. The molecule has 2 heterocycles. The molecule has 8 nitrogen and oxygen atoms in total. The molecule has 3 aromatic rings. The van der Waals surface area contributed by atoms with Gasteiger partial charge in [-0.2, -0.15) is 0 Å². The summed E-state index contributed by atoms with van der Waals surface area (Å²) in [6, 6.07) is 9.68. The van der Waals surface area contributed by atoms with Crippen molar-refractivity contribution < 1.29 is 33.0 Å². The number of esters is 1. The van der Waals surface area contributed by atoms with Gasteiger partial charge in [-0.1, -0.05) is 12.1 Å². The molecule has 0 fully saturated rings. The Morgan fingerprint density at radius 1 is 1.08 bits per heavy atom. The van der Waals surface area contributed by atoms with Crippen molar-refractivity contribution >= 4 is 17.7 Å². The van der Waals surface area contributed by atoms with E-state index in [0.717, 1.165) is 0 Å². The van der Waals surface area contributed by atoms with Crippen LogP contribution < -0.4 is 9.47 Å². The second-order valence-electron chi connectivity index (χ2n) is 8.65. The van der Waals surface area contributed by atoms with Crippen LogP contribution in [-0.2, 0) is 18.3 Å². The molecule has 1 atom stereocenters. The second-order valence-corrected chi connectivity index (χ2v) is 8.65. The monoisotopic (exact) mass is 494 g/mol. The van der Waals surface area contributed by atoms with E-state index in [2.05, 4.69) is 0 Å². The predicted octanol–water partition coefficient (Wildman–Crippen LogP) is 4.21. The average molecular weight is 495 g/mol. The third-order valence-electron chi connectivity index (χ3n) is 6.55. The molecule has 2 aromatic carbocycles. The summed E-state index contributed by atoms with van der Waals surface area (Å²) in [5, 5.41) is 0. The van der Waals surface area contributed by atoms with Crippen molar-refractivity contribution in [2.75, 3.05) is 13.9 Å². The topological polar surface area (TPSA) is 87.1 Å². The van der Waals surface area contributed by atoms with Crippen molar-refractivity contribution in [3.8, 4) is 11.5 Å². The highest BCUT2D eigenvalue weighted by Crippen LogP contribution is 2.33. The lowest BCUT2D eigenvalue weighted by Crippen LogP contribution is -2.43. The minimum Gasteiger partial charge on any atom is -0.464 e. The molecule has 9 heteroatoms. The van der Waals surface area contributed by atoms with Crippen molar-refractivity contribution in [3.63, 3.8) is 0 Å². The van der Waals surface area contributed by atoms with Crippen molar-refractivity contribution in [1.29, 1.82) is 0 Å². The minimum atomic E-state index is -0.904. The fourth-order valence-electron chi connectivity index (χ4n) is 4.44. The van der Waals surface area contributed by atoms with Crippen LogP contribution in [0, 0.1) is 19.7 Å². The van der Waals surface area contributed by atoms with Crippen LogP contribution in [0.25, 0.3) is 0 Å². The Balaban J connectivity index is 1.73. The number of fused-ring (bicyclic) bond motifs is 1. The number of amides is 1. The van der Waals surface area contributed by atoms with Crippen LogP contribution in [-0.4, -0.2) is 47.1 Å². The number of benzene rings is 2. The molecule has 4 rings (SSSR count). The van der Waals surface area contributed by atoms with Crippen LogP contribution in [0.2, 0.25) is 0 Å². The molecule has 0 N–H and O–H groups in total. The molecule has 1 aliphatic heterocycles. The molecular weight excluding hydrogens is 467 g/mol. The van der Waals surface area contributed by atoms with Gasteiger partial charge in [0.2, 0.25) is 6.79 Å².